The quantitative estimate of drug-likeness (QED) is 0.812. The van der Waals surface area contributed by atoms with Crippen molar-refractivity contribution in [3.05, 3.63) is 29.8 Å². The van der Waals surface area contributed by atoms with E-state index in [1.54, 1.807) is 12.1 Å². The minimum absolute atomic E-state index is 0.00622. The zero-order valence-corrected chi connectivity index (χ0v) is 15.1. The van der Waals surface area contributed by atoms with Gasteiger partial charge in [-0.3, -0.25) is 0 Å². The van der Waals surface area contributed by atoms with Crippen LogP contribution in [0.4, 0.5) is 0 Å². The molecule has 1 aromatic rings. The Bertz CT molecular complexity index is 562. The van der Waals surface area contributed by atoms with E-state index in [-0.39, 0.29) is 10.8 Å². The summed E-state index contributed by atoms with van der Waals surface area (Å²) in [6, 6.07) is 7.64. The van der Waals surface area contributed by atoms with Gasteiger partial charge in [-0.2, -0.15) is 0 Å². The van der Waals surface area contributed by atoms with E-state index in [2.05, 4.69) is 27.7 Å². The molecule has 0 spiro atoms. The van der Waals surface area contributed by atoms with E-state index in [0.717, 1.165) is 32.1 Å². The Morgan fingerprint density at radius 1 is 1.04 bits per heavy atom. The molecule has 2 saturated carbocycles. The smallest absolute Gasteiger partial charge is 0.115 e. The highest BCUT2D eigenvalue weighted by atomic mass is 16.3. The minimum Gasteiger partial charge on any atom is -0.508 e. The summed E-state index contributed by atoms with van der Waals surface area (Å²) in [5.41, 5.74) is 0.849. The second-order valence-corrected chi connectivity index (χ2v) is 9.04. The van der Waals surface area contributed by atoms with Crippen LogP contribution in [-0.4, -0.2) is 15.8 Å². The van der Waals surface area contributed by atoms with Gasteiger partial charge in [-0.05, 0) is 72.5 Å². The Hall–Kier alpha value is -1.02. The molecule has 0 saturated heterocycles. The Balaban J connectivity index is 1.96. The van der Waals surface area contributed by atoms with Crippen LogP contribution in [-0.2, 0) is 6.42 Å². The molecule has 2 fully saturated rings. The van der Waals surface area contributed by atoms with Crippen molar-refractivity contribution in [1.29, 1.82) is 0 Å². The molecule has 2 N–H and O–H groups in total. The second kappa shape index (κ2) is 5.51. The molecule has 0 aromatic heterocycles. The third-order valence-electron chi connectivity index (χ3n) is 7.44. The first-order chi connectivity index (χ1) is 10.7. The topological polar surface area (TPSA) is 40.5 Å². The van der Waals surface area contributed by atoms with E-state index < -0.39 is 5.60 Å². The van der Waals surface area contributed by atoms with E-state index in [9.17, 15) is 10.2 Å². The van der Waals surface area contributed by atoms with Crippen LogP contribution in [0.5, 0.6) is 5.75 Å². The van der Waals surface area contributed by atoms with Crippen molar-refractivity contribution < 1.29 is 10.2 Å². The first kappa shape index (κ1) is 16.8. The summed E-state index contributed by atoms with van der Waals surface area (Å²) in [6.45, 7) is 9.27. The number of phenols is 1. The molecule has 23 heavy (non-hydrogen) atoms. The van der Waals surface area contributed by atoms with Gasteiger partial charge in [0.05, 0.1) is 5.60 Å². The molecule has 1 aromatic carbocycles. The zero-order valence-electron chi connectivity index (χ0n) is 15.1. The van der Waals surface area contributed by atoms with E-state index >= 15 is 0 Å². The summed E-state index contributed by atoms with van der Waals surface area (Å²) in [4.78, 5) is 0. The lowest BCUT2D eigenvalue weighted by Gasteiger charge is -2.62. The van der Waals surface area contributed by atoms with Gasteiger partial charge < -0.3 is 10.2 Å². The highest BCUT2D eigenvalue weighted by molar-refractivity contribution is 5.27. The third kappa shape index (κ3) is 2.59. The fraction of sp³-hybridized carbons (Fsp3) is 0.714. The zero-order chi connectivity index (χ0) is 16.9. The predicted octanol–water partition coefficient (Wildman–Crippen LogP) is 4.93. The molecule has 128 valence electrons. The van der Waals surface area contributed by atoms with Crippen LogP contribution < -0.4 is 0 Å². The van der Waals surface area contributed by atoms with Gasteiger partial charge in [0.1, 0.15) is 5.75 Å². The van der Waals surface area contributed by atoms with Crippen LogP contribution in [0.3, 0.4) is 0 Å². The summed E-state index contributed by atoms with van der Waals surface area (Å²) >= 11 is 0. The Kier molecular flexibility index (Phi) is 4.03. The molecular weight excluding hydrogens is 284 g/mol. The van der Waals surface area contributed by atoms with E-state index in [1.165, 1.54) is 12.0 Å². The number of aromatic hydroxyl groups is 1. The standard InChI is InChI=1S/C21H32O2/c1-15-11-13-21(23)18(6-5-12-19(21,2)3)20(15,4)14-16-7-9-17(22)10-8-16/h7-10,15,18,22-23H,5-6,11-14H2,1-4H3/t15-,18-,20+,21+/m0/s1. The normalized spacial score (nSPS) is 39.7. The molecule has 4 atom stereocenters. The summed E-state index contributed by atoms with van der Waals surface area (Å²) < 4.78 is 0. The van der Waals surface area contributed by atoms with Crippen molar-refractivity contribution in [1.82, 2.24) is 0 Å². The number of benzene rings is 1. The lowest BCUT2D eigenvalue weighted by molar-refractivity contribution is -0.210. The van der Waals surface area contributed by atoms with Crippen LogP contribution in [0, 0.1) is 22.7 Å². The van der Waals surface area contributed by atoms with E-state index in [0.29, 0.717) is 17.6 Å². The largest absolute Gasteiger partial charge is 0.508 e. The number of fused-ring (bicyclic) bond motifs is 1. The van der Waals surface area contributed by atoms with Crippen LogP contribution >= 0.6 is 0 Å². The van der Waals surface area contributed by atoms with Gasteiger partial charge >= 0.3 is 0 Å². The summed E-state index contributed by atoms with van der Waals surface area (Å²) in [7, 11) is 0. The molecule has 0 heterocycles. The highest BCUT2D eigenvalue weighted by Gasteiger charge is 2.60. The second-order valence-electron chi connectivity index (χ2n) is 9.04. The average molecular weight is 316 g/mol. The summed E-state index contributed by atoms with van der Waals surface area (Å²) in [5.74, 6) is 1.29. The maximum absolute atomic E-state index is 11.7. The fourth-order valence-electron chi connectivity index (χ4n) is 5.52. The van der Waals surface area contributed by atoms with Crippen molar-refractivity contribution >= 4 is 0 Å². The van der Waals surface area contributed by atoms with Gasteiger partial charge in [-0.15, -0.1) is 0 Å². The Morgan fingerprint density at radius 2 is 1.70 bits per heavy atom. The maximum Gasteiger partial charge on any atom is 0.115 e. The lowest BCUT2D eigenvalue weighted by atomic mass is 9.45. The highest BCUT2D eigenvalue weighted by Crippen LogP contribution is 2.61. The number of phenolic OH excluding ortho intramolecular Hbond substituents is 1. The SMILES string of the molecule is C[C@H]1CC[C@@]2(O)[C@@H](CCCC2(C)C)[C@]1(C)Cc1ccc(O)cc1. The molecule has 2 nitrogen and oxygen atoms in total. The van der Waals surface area contributed by atoms with Gasteiger partial charge in [-0.1, -0.05) is 46.2 Å². The van der Waals surface area contributed by atoms with Crippen molar-refractivity contribution in [3.8, 4) is 5.75 Å². The van der Waals surface area contributed by atoms with Gasteiger partial charge in [0.2, 0.25) is 0 Å². The monoisotopic (exact) mass is 316 g/mol. The molecule has 3 rings (SSSR count). The average Bonchev–Trinajstić information content (AvgIpc) is 2.48. The summed E-state index contributed by atoms with van der Waals surface area (Å²) in [5, 5.41) is 21.2. The molecule has 0 radical (unpaired) electrons. The molecule has 2 aliphatic rings. The molecule has 0 aliphatic heterocycles. The predicted molar refractivity (Wildman–Crippen MR) is 94.4 cm³/mol. The minimum atomic E-state index is -0.538. The molecule has 2 aliphatic carbocycles. The van der Waals surface area contributed by atoms with E-state index in [1.807, 2.05) is 12.1 Å². The van der Waals surface area contributed by atoms with Crippen molar-refractivity contribution in [2.75, 3.05) is 0 Å². The summed E-state index contributed by atoms with van der Waals surface area (Å²) in [6.07, 6.45) is 6.51. The molecule has 0 unspecified atom stereocenters. The van der Waals surface area contributed by atoms with Crippen molar-refractivity contribution in [2.45, 2.75) is 71.8 Å². The number of aliphatic hydroxyl groups is 1. The molecular formula is C21H32O2. The first-order valence-electron chi connectivity index (χ1n) is 9.19. The van der Waals surface area contributed by atoms with E-state index in [4.69, 9.17) is 0 Å². The van der Waals surface area contributed by atoms with Gasteiger partial charge in [0.15, 0.2) is 0 Å². The molecule has 0 bridgehead atoms. The first-order valence-corrected chi connectivity index (χ1v) is 9.19. The molecule has 2 heteroatoms. The third-order valence-corrected chi connectivity index (χ3v) is 7.44. The number of hydrogen-bond acceptors (Lipinski definition) is 2. The fourth-order valence-corrected chi connectivity index (χ4v) is 5.52. The van der Waals surface area contributed by atoms with Gasteiger partial charge in [0.25, 0.3) is 0 Å². The van der Waals surface area contributed by atoms with Crippen molar-refractivity contribution in [3.63, 3.8) is 0 Å². The van der Waals surface area contributed by atoms with Gasteiger partial charge in [-0.25, -0.2) is 0 Å². The lowest BCUT2D eigenvalue weighted by Crippen LogP contribution is -2.62. The van der Waals surface area contributed by atoms with Crippen LogP contribution in [0.15, 0.2) is 24.3 Å². The maximum atomic E-state index is 11.7. The number of rotatable bonds is 2. The van der Waals surface area contributed by atoms with Crippen LogP contribution in [0.1, 0.15) is 65.4 Å². The molecule has 0 amide bonds. The van der Waals surface area contributed by atoms with Crippen LogP contribution in [0.2, 0.25) is 0 Å². The number of hydrogen-bond donors (Lipinski definition) is 2. The Labute approximate surface area is 140 Å². The van der Waals surface area contributed by atoms with Crippen molar-refractivity contribution in [2.24, 2.45) is 22.7 Å². The Morgan fingerprint density at radius 3 is 2.35 bits per heavy atom. The van der Waals surface area contributed by atoms with Gasteiger partial charge in [0, 0.05) is 0 Å². The van der Waals surface area contributed by atoms with Crippen LogP contribution in [0.25, 0.3) is 0 Å².